The molecule has 2 N–H and O–H groups in total. The number of rotatable bonds is 0. The summed E-state index contributed by atoms with van der Waals surface area (Å²) in [6.45, 7) is 0. The number of halogens is 2. The van der Waals surface area contributed by atoms with Crippen molar-refractivity contribution in [2.45, 2.75) is 0 Å². The van der Waals surface area contributed by atoms with Crippen molar-refractivity contribution in [3.63, 3.8) is 0 Å². The smallest absolute Gasteiger partial charge is 0.0839 e. The lowest BCUT2D eigenvalue weighted by molar-refractivity contribution is 1.62. The monoisotopic (exact) mass is 199 g/mol. The molecule has 1 aromatic carbocycles. The molecule has 0 heterocycles. The van der Waals surface area contributed by atoms with Crippen molar-refractivity contribution in [3.05, 3.63) is 28.8 Å². The maximum Gasteiger partial charge on any atom is 0.0839 e. The van der Waals surface area contributed by atoms with Gasteiger partial charge in [-0.3, -0.25) is 0 Å². The molecule has 0 atom stereocenters. The zero-order valence-corrected chi connectivity index (χ0v) is 7.78. The van der Waals surface area contributed by atoms with Crippen LogP contribution >= 0.6 is 23.2 Å². The van der Waals surface area contributed by atoms with Gasteiger partial charge in [0.05, 0.1) is 5.88 Å². The summed E-state index contributed by atoms with van der Waals surface area (Å²) in [5, 5.41) is 0.628. The number of anilines is 1. The number of nitrogens with two attached hydrogens (primary N) is 1. The van der Waals surface area contributed by atoms with Gasteiger partial charge in [-0.2, -0.15) is 0 Å². The first kappa shape index (κ1) is 9.25. The molecule has 0 unspecified atom stereocenters. The second kappa shape index (κ2) is 4.25. The van der Waals surface area contributed by atoms with E-state index in [1.807, 2.05) is 0 Å². The van der Waals surface area contributed by atoms with Gasteiger partial charge in [0.25, 0.3) is 0 Å². The van der Waals surface area contributed by atoms with Gasteiger partial charge in [-0.25, -0.2) is 0 Å². The summed E-state index contributed by atoms with van der Waals surface area (Å²) in [7, 11) is 0. The normalized spacial score (nSPS) is 8.83. The van der Waals surface area contributed by atoms with Crippen LogP contribution in [0.2, 0.25) is 5.02 Å². The lowest BCUT2D eigenvalue weighted by Crippen LogP contribution is -1.89. The van der Waals surface area contributed by atoms with Gasteiger partial charge in [-0.15, -0.1) is 11.6 Å². The predicted molar refractivity (Wildman–Crippen MR) is 53.5 cm³/mol. The quantitative estimate of drug-likeness (QED) is 0.388. The maximum absolute atomic E-state index is 5.74. The van der Waals surface area contributed by atoms with Crippen LogP contribution in [-0.4, -0.2) is 5.88 Å². The Bertz CT molecular complexity index is 336. The number of hydrogen-bond acceptors (Lipinski definition) is 1. The van der Waals surface area contributed by atoms with Crippen LogP contribution in [0, 0.1) is 11.8 Å². The maximum atomic E-state index is 5.74. The summed E-state index contributed by atoms with van der Waals surface area (Å²) in [5.41, 5.74) is 6.97. The van der Waals surface area contributed by atoms with Gasteiger partial charge in [0.1, 0.15) is 0 Å². The third kappa shape index (κ3) is 2.34. The number of benzene rings is 1. The average molecular weight is 200 g/mol. The minimum atomic E-state index is 0.298. The van der Waals surface area contributed by atoms with Crippen LogP contribution in [0.25, 0.3) is 0 Å². The molecule has 12 heavy (non-hydrogen) atoms. The van der Waals surface area contributed by atoms with E-state index < -0.39 is 0 Å². The first-order chi connectivity index (χ1) is 5.74. The molecule has 0 radical (unpaired) electrons. The number of alkyl halides is 1. The minimum Gasteiger partial charge on any atom is -0.398 e. The minimum absolute atomic E-state index is 0.298. The van der Waals surface area contributed by atoms with Crippen molar-refractivity contribution in [1.82, 2.24) is 0 Å². The van der Waals surface area contributed by atoms with Crippen molar-refractivity contribution in [1.29, 1.82) is 0 Å². The molecule has 0 amide bonds. The fourth-order valence-corrected chi connectivity index (χ4v) is 1.00. The largest absolute Gasteiger partial charge is 0.398 e. The van der Waals surface area contributed by atoms with Gasteiger partial charge in [0, 0.05) is 16.3 Å². The first-order valence-corrected chi connectivity index (χ1v) is 4.25. The van der Waals surface area contributed by atoms with Gasteiger partial charge >= 0.3 is 0 Å². The Morgan fingerprint density at radius 3 is 2.83 bits per heavy atom. The van der Waals surface area contributed by atoms with Crippen LogP contribution in [0.3, 0.4) is 0 Å². The van der Waals surface area contributed by atoms with Crippen LogP contribution in [-0.2, 0) is 0 Å². The van der Waals surface area contributed by atoms with E-state index in [1.54, 1.807) is 18.2 Å². The molecule has 0 fully saturated rings. The average Bonchev–Trinajstić information content (AvgIpc) is 2.07. The summed E-state index contributed by atoms with van der Waals surface area (Å²) in [6, 6.07) is 5.17. The number of nitrogen functional groups attached to an aromatic ring is 1. The molecule has 0 saturated carbocycles. The highest BCUT2D eigenvalue weighted by molar-refractivity contribution is 6.30. The fourth-order valence-electron chi connectivity index (χ4n) is 0.765. The molecular formula is C9H7Cl2N. The molecule has 0 bridgehead atoms. The molecule has 0 aliphatic heterocycles. The zero-order chi connectivity index (χ0) is 8.97. The third-order valence-corrected chi connectivity index (χ3v) is 1.67. The fraction of sp³-hybridized carbons (Fsp3) is 0.111. The van der Waals surface area contributed by atoms with Crippen molar-refractivity contribution in [2.24, 2.45) is 0 Å². The van der Waals surface area contributed by atoms with Crippen LogP contribution < -0.4 is 5.73 Å². The van der Waals surface area contributed by atoms with E-state index >= 15 is 0 Å². The van der Waals surface area contributed by atoms with Gasteiger partial charge in [0.2, 0.25) is 0 Å². The SMILES string of the molecule is Nc1ccc(Cl)cc1C#CCCl. The lowest BCUT2D eigenvalue weighted by Gasteiger charge is -1.97. The molecule has 0 aromatic heterocycles. The molecule has 0 aliphatic carbocycles. The Hall–Kier alpha value is -0.840. The van der Waals surface area contributed by atoms with E-state index in [1.165, 1.54) is 0 Å². The van der Waals surface area contributed by atoms with E-state index in [4.69, 9.17) is 28.9 Å². The van der Waals surface area contributed by atoms with E-state index in [0.717, 1.165) is 5.56 Å². The van der Waals surface area contributed by atoms with Crippen LogP contribution in [0.4, 0.5) is 5.69 Å². The second-order valence-electron chi connectivity index (χ2n) is 2.17. The van der Waals surface area contributed by atoms with Gasteiger partial charge in [-0.1, -0.05) is 23.4 Å². The Morgan fingerprint density at radius 2 is 2.17 bits per heavy atom. The van der Waals surface area contributed by atoms with E-state index in [9.17, 15) is 0 Å². The van der Waals surface area contributed by atoms with Crippen molar-refractivity contribution >= 4 is 28.9 Å². The molecule has 1 rings (SSSR count). The van der Waals surface area contributed by atoms with Crippen molar-refractivity contribution in [2.75, 3.05) is 11.6 Å². The Kier molecular flexibility index (Phi) is 3.28. The zero-order valence-electron chi connectivity index (χ0n) is 6.27. The predicted octanol–water partition coefficient (Wildman–Crippen LogP) is 2.51. The highest BCUT2D eigenvalue weighted by atomic mass is 35.5. The number of hydrogen-bond donors (Lipinski definition) is 1. The molecule has 0 saturated heterocycles. The summed E-state index contributed by atoms with van der Waals surface area (Å²) in [4.78, 5) is 0. The standard InChI is InChI=1S/C9H7Cl2N/c10-5-1-2-7-6-8(11)3-4-9(7)12/h3-4,6H,5,12H2. The van der Waals surface area contributed by atoms with Crippen LogP contribution in [0.15, 0.2) is 18.2 Å². The van der Waals surface area contributed by atoms with E-state index in [-0.39, 0.29) is 0 Å². The lowest BCUT2D eigenvalue weighted by atomic mass is 10.2. The summed E-state index contributed by atoms with van der Waals surface area (Å²) in [5.74, 6) is 5.82. The van der Waals surface area contributed by atoms with Gasteiger partial charge < -0.3 is 5.73 Å². The molecule has 0 spiro atoms. The molecule has 0 aliphatic rings. The first-order valence-electron chi connectivity index (χ1n) is 3.34. The van der Waals surface area contributed by atoms with E-state index in [2.05, 4.69) is 11.8 Å². The highest BCUT2D eigenvalue weighted by Crippen LogP contribution is 2.16. The van der Waals surface area contributed by atoms with Crippen LogP contribution in [0.1, 0.15) is 5.56 Å². The van der Waals surface area contributed by atoms with Crippen molar-refractivity contribution in [3.8, 4) is 11.8 Å². The van der Waals surface area contributed by atoms with Gasteiger partial charge in [-0.05, 0) is 18.2 Å². The third-order valence-electron chi connectivity index (χ3n) is 1.31. The highest BCUT2D eigenvalue weighted by Gasteiger charge is 1.95. The van der Waals surface area contributed by atoms with Crippen molar-refractivity contribution < 1.29 is 0 Å². The molecular weight excluding hydrogens is 193 g/mol. The second-order valence-corrected chi connectivity index (χ2v) is 2.87. The Labute approximate surface area is 81.5 Å². The summed E-state index contributed by atoms with van der Waals surface area (Å²) in [6.07, 6.45) is 0. The summed E-state index contributed by atoms with van der Waals surface area (Å²) >= 11 is 11.1. The Balaban J connectivity index is 3.05. The molecule has 1 nitrogen and oxygen atoms in total. The van der Waals surface area contributed by atoms with E-state index in [0.29, 0.717) is 16.6 Å². The molecule has 3 heteroatoms. The summed E-state index contributed by atoms with van der Waals surface area (Å²) < 4.78 is 0. The van der Waals surface area contributed by atoms with Crippen LogP contribution in [0.5, 0.6) is 0 Å². The molecule has 1 aromatic rings. The van der Waals surface area contributed by atoms with Gasteiger partial charge in [0.15, 0.2) is 0 Å². The molecule has 62 valence electrons. The topological polar surface area (TPSA) is 26.0 Å². The Morgan fingerprint density at radius 1 is 1.42 bits per heavy atom.